The first-order chi connectivity index (χ1) is 7.25. The summed E-state index contributed by atoms with van der Waals surface area (Å²) in [6, 6.07) is 6.26. The Hall–Kier alpha value is -0.870. The van der Waals surface area contributed by atoms with Crippen LogP contribution in [0.5, 0.6) is 0 Å². The van der Waals surface area contributed by atoms with Crippen LogP contribution in [0.25, 0.3) is 0 Å². The van der Waals surface area contributed by atoms with Crippen molar-refractivity contribution in [2.24, 2.45) is 0 Å². The zero-order valence-corrected chi connectivity index (χ0v) is 10.7. The molecule has 0 unspecified atom stereocenters. The summed E-state index contributed by atoms with van der Waals surface area (Å²) in [5, 5.41) is 3.37. The first-order valence-electron chi connectivity index (χ1n) is 4.64. The van der Waals surface area contributed by atoms with E-state index in [1.807, 2.05) is 17.4 Å². The van der Waals surface area contributed by atoms with Gasteiger partial charge in [0.2, 0.25) is 0 Å². The molecule has 0 aromatic carbocycles. The van der Waals surface area contributed by atoms with Gasteiger partial charge in [-0.15, -0.1) is 11.3 Å². The molecule has 0 spiro atoms. The lowest BCUT2D eigenvalue weighted by molar-refractivity contribution is 1.17. The molecular formula is C11H11BrN2S. The van der Waals surface area contributed by atoms with E-state index >= 15 is 0 Å². The van der Waals surface area contributed by atoms with Crippen LogP contribution < -0.4 is 5.32 Å². The fourth-order valence-corrected chi connectivity index (χ4v) is 2.50. The average molecular weight is 283 g/mol. The molecule has 2 rings (SSSR count). The third-order valence-corrected chi connectivity index (χ3v) is 3.65. The van der Waals surface area contributed by atoms with Crippen LogP contribution in [0.3, 0.4) is 0 Å². The second kappa shape index (κ2) is 4.77. The first kappa shape index (κ1) is 10.6. The highest BCUT2D eigenvalue weighted by molar-refractivity contribution is 9.10. The minimum Gasteiger partial charge on any atom is -0.379 e. The molecule has 1 N–H and O–H groups in total. The van der Waals surface area contributed by atoms with E-state index in [-0.39, 0.29) is 0 Å². The van der Waals surface area contributed by atoms with E-state index in [2.05, 4.69) is 45.3 Å². The van der Waals surface area contributed by atoms with Crippen LogP contribution in [0.2, 0.25) is 0 Å². The molecule has 0 saturated heterocycles. The highest BCUT2D eigenvalue weighted by Crippen LogP contribution is 2.22. The van der Waals surface area contributed by atoms with Crippen molar-refractivity contribution < 1.29 is 0 Å². The van der Waals surface area contributed by atoms with E-state index in [0.29, 0.717) is 0 Å². The van der Waals surface area contributed by atoms with Crippen molar-refractivity contribution in [2.45, 2.75) is 13.5 Å². The predicted molar refractivity (Wildman–Crippen MR) is 68.3 cm³/mol. The van der Waals surface area contributed by atoms with E-state index in [0.717, 1.165) is 16.7 Å². The summed E-state index contributed by atoms with van der Waals surface area (Å²) in [7, 11) is 0. The number of aromatic nitrogens is 1. The summed E-state index contributed by atoms with van der Waals surface area (Å²) >= 11 is 5.27. The van der Waals surface area contributed by atoms with Gasteiger partial charge in [-0.2, -0.15) is 0 Å². The summed E-state index contributed by atoms with van der Waals surface area (Å²) < 4.78 is 0.998. The molecule has 0 aliphatic rings. The zero-order valence-electron chi connectivity index (χ0n) is 8.33. The second-order valence-electron chi connectivity index (χ2n) is 3.22. The number of hydrogen-bond acceptors (Lipinski definition) is 3. The predicted octanol–water partition coefficient (Wildman–Crippen LogP) is 3.83. The third kappa shape index (κ3) is 2.79. The summed E-state index contributed by atoms with van der Waals surface area (Å²) in [6.07, 6.45) is 3.58. The summed E-state index contributed by atoms with van der Waals surface area (Å²) in [4.78, 5) is 6.71. The van der Waals surface area contributed by atoms with Crippen LogP contribution in [0.15, 0.2) is 35.1 Å². The first-order valence-corrected chi connectivity index (χ1v) is 6.25. The number of anilines is 1. The lowest BCUT2D eigenvalue weighted by Gasteiger charge is -2.05. The molecule has 0 atom stereocenters. The highest BCUT2D eigenvalue weighted by Gasteiger charge is 1.99. The Morgan fingerprint density at radius 1 is 1.40 bits per heavy atom. The SMILES string of the molecule is Cc1ccc(CNc2ccncc2Br)s1. The van der Waals surface area contributed by atoms with Gasteiger partial charge < -0.3 is 5.32 Å². The zero-order chi connectivity index (χ0) is 10.7. The number of aryl methyl sites for hydroxylation is 1. The smallest absolute Gasteiger partial charge is 0.0590 e. The van der Waals surface area contributed by atoms with E-state index in [9.17, 15) is 0 Å². The summed E-state index contributed by atoms with van der Waals surface area (Å²) in [5.74, 6) is 0. The molecule has 2 nitrogen and oxygen atoms in total. The molecule has 15 heavy (non-hydrogen) atoms. The summed E-state index contributed by atoms with van der Waals surface area (Å²) in [5.41, 5.74) is 1.08. The molecule has 0 saturated carbocycles. The Kier molecular flexibility index (Phi) is 3.38. The maximum Gasteiger partial charge on any atom is 0.0590 e. The molecule has 0 bridgehead atoms. The highest BCUT2D eigenvalue weighted by atomic mass is 79.9. The van der Waals surface area contributed by atoms with Gasteiger partial charge in [0.1, 0.15) is 0 Å². The van der Waals surface area contributed by atoms with Crippen molar-refractivity contribution in [1.29, 1.82) is 0 Å². The minimum atomic E-state index is 0.862. The van der Waals surface area contributed by atoms with Crippen LogP contribution in [0, 0.1) is 6.92 Å². The maximum absolute atomic E-state index is 4.02. The molecule has 78 valence electrons. The van der Waals surface area contributed by atoms with Gasteiger partial charge in [0.15, 0.2) is 0 Å². The molecule has 0 aliphatic heterocycles. The van der Waals surface area contributed by atoms with Crippen LogP contribution >= 0.6 is 27.3 Å². The standard InChI is InChI=1S/C11H11BrN2S/c1-8-2-3-9(15-8)6-14-11-4-5-13-7-10(11)12/h2-5,7H,6H2,1H3,(H,13,14). The van der Waals surface area contributed by atoms with Crippen molar-refractivity contribution in [3.8, 4) is 0 Å². The molecule has 0 amide bonds. The fourth-order valence-electron chi connectivity index (χ4n) is 1.28. The van der Waals surface area contributed by atoms with Crippen molar-refractivity contribution in [1.82, 2.24) is 4.98 Å². The van der Waals surface area contributed by atoms with Gasteiger partial charge in [0.25, 0.3) is 0 Å². The van der Waals surface area contributed by atoms with Crippen molar-refractivity contribution in [2.75, 3.05) is 5.32 Å². The number of nitrogens with one attached hydrogen (secondary N) is 1. The van der Waals surface area contributed by atoms with Gasteiger partial charge in [-0.25, -0.2) is 0 Å². The monoisotopic (exact) mass is 282 g/mol. The fraction of sp³-hybridized carbons (Fsp3) is 0.182. The topological polar surface area (TPSA) is 24.9 Å². The van der Waals surface area contributed by atoms with Gasteiger partial charge in [-0.1, -0.05) is 0 Å². The van der Waals surface area contributed by atoms with E-state index in [4.69, 9.17) is 0 Å². The quantitative estimate of drug-likeness (QED) is 0.926. The Balaban J connectivity index is 2.02. The number of rotatable bonds is 3. The van der Waals surface area contributed by atoms with Crippen molar-refractivity contribution in [3.63, 3.8) is 0 Å². The molecule has 2 aromatic rings. The average Bonchev–Trinajstić information content (AvgIpc) is 2.63. The lowest BCUT2D eigenvalue weighted by Crippen LogP contribution is -1.98. The normalized spacial score (nSPS) is 10.3. The molecule has 2 aromatic heterocycles. The summed E-state index contributed by atoms with van der Waals surface area (Å²) in [6.45, 7) is 2.98. The van der Waals surface area contributed by atoms with Gasteiger partial charge in [-0.3, -0.25) is 4.98 Å². The Bertz CT molecular complexity index is 453. The molecule has 0 fully saturated rings. The van der Waals surface area contributed by atoms with Crippen LogP contribution in [-0.2, 0) is 6.54 Å². The number of nitrogens with zero attached hydrogens (tertiary/aromatic N) is 1. The largest absolute Gasteiger partial charge is 0.379 e. The van der Waals surface area contributed by atoms with Gasteiger partial charge >= 0.3 is 0 Å². The van der Waals surface area contributed by atoms with Gasteiger partial charge in [0.05, 0.1) is 10.2 Å². The van der Waals surface area contributed by atoms with E-state index in [1.54, 1.807) is 12.4 Å². The van der Waals surface area contributed by atoms with E-state index in [1.165, 1.54) is 9.75 Å². The Labute approximate surface area is 101 Å². The molecule has 4 heteroatoms. The molecule has 2 heterocycles. The lowest BCUT2D eigenvalue weighted by atomic mass is 10.4. The van der Waals surface area contributed by atoms with Crippen molar-refractivity contribution >= 4 is 33.0 Å². The Morgan fingerprint density at radius 3 is 2.93 bits per heavy atom. The molecule has 0 aliphatic carbocycles. The number of halogens is 1. The minimum absolute atomic E-state index is 0.862. The number of hydrogen-bond donors (Lipinski definition) is 1. The number of pyridine rings is 1. The van der Waals surface area contributed by atoms with Crippen LogP contribution in [0.1, 0.15) is 9.75 Å². The van der Waals surface area contributed by atoms with Gasteiger partial charge in [-0.05, 0) is 41.1 Å². The third-order valence-electron chi connectivity index (χ3n) is 2.02. The van der Waals surface area contributed by atoms with Crippen molar-refractivity contribution in [3.05, 3.63) is 44.8 Å². The Morgan fingerprint density at radius 2 is 2.27 bits per heavy atom. The van der Waals surface area contributed by atoms with Crippen LogP contribution in [0.4, 0.5) is 5.69 Å². The molecule has 0 radical (unpaired) electrons. The number of thiophene rings is 1. The maximum atomic E-state index is 4.02. The van der Waals surface area contributed by atoms with Gasteiger partial charge in [0, 0.05) is 28.7 Å². The second-order valence-corrected chi connectivity index (χ2v) is 5.45. The van der Waals surface area contributed by atoms with E-state index < -0.39 is 0 Å². The molecular weight excluding hydrogens is 272 g/mol. The van der Waals surface area contributed by atoms with Crippen LogP contribution in [-0.4, -0.2) is 4.98 Å².